The Morgan fingerprint density at radius 3 is 1.59 bits per heavy atom. The van der Waals surface area contributed by atoms with E-state index in [0.717, 1.165) is 18.2 Å². The van der Waals surface area contributed by atoms with Crippen LogP contribution in [0.25, 0.3) is 0 Å². The summed E-state index contributed by atoms with van der Waals surface area (Å²) in [5, 5.41) is -1.99. The molecule has 0 heterocycles. The fourth-order valence-electron chi connectivity index (χ4n) is 0.970. The van der Waals surface area contributed by atoms with E-state index in [1.54, 1.807) is 0 Å². The van der Waals surface area contributed by atoms with Gasteiger partial charge in [0.05, 0.1) is 4.90 Å². The molecule has 86 valence electrons. The molecule has 1 aromatic rings. The third kappa shape index (κ3) is 4.43. The molecule has 0 bridgehead atoms. The Morgan fingerprint density at radius 2 is 1.35 bits per heavy atom. The number of carbonyl (C=O) groups is 2. The summed E-state index contributed by atoms with van der Waals surface area (Å²) in [5.74, 6) is 0. The summed E-state index contributed by atoms with van der Waals surface area (Å²) >= 11 is 10.2. The average Bonchev–Trinajstić information content (AvgIpc) is 2.15. The normalized spacial score (nSPS) is 10.5. The summed E-state index contributed by atoms with van der Waals surface area (Å²) < 4.78 is 32.2. The largest absolute Gasteiger partial charge is 1.00 e. The van der Waals surface area contributed by atoms with Gasteiger partial charge in [-0.25, -0.2) is 8.42 Å². The fraction of sp³-hybridized carbons (Fsp3) is 0. The Bertz CT molecular complexity index is 537. The van der Waals surface area contributed by atoms with Gasteiger partial charge in [0, 0.05) is 11.1 Å². The first-order valence-electron chi connectivity index (χ1n) is 3.72. The van der Waals surface area contributed by atoms with Gasteiger partial charge >= 0.3 is 18.9 Å². The average molecular weight is 289 g/mol. The topological polar surface area (TPSA) is 91.3 Å². The number of hydrogen-bond acceptors (Lipinski definition) is 5. The molecule has 0 aliphatic rings. The van der Waals surface area contributed by atoms with Crippen molar-refractivity contribution in [1.29, 1.82) is 0 Å². The third-order valence-corrected chi connectivity index (χ3v) is 2.90. The van der Waals surface area contributed by atoms with Gasteiger partial charge in [-0.05, 0) is 41.4 Å². The number of carbonyl (C=O) groups excluding carboxylic acids is 2. The van der Waals surface area contributed by atoms with Crippen LogP contribution in [0.3, 0.4) is 0 Å². The second-order valence-electron chi connectivity index (χ2n) is 2.75. The van der Waals surface area contributed by atoms with Crippen LogP contribution in [0, 0.1) is 0 Å². The molecule has 0 unspecified atom stereocenters. The van der Waals surface area contributed by atoms with Crippen LogP contribution in [-0.2, 0) is 10.1 Å². The van der Waals surface area contributed by atoms with Crippen LogP contribution in [0.15, 0.2) is 23.1 Å². The van der Waals surface area contributed by atoms with Crippen molar-refractivity contribution in [2.24, 2.45) is 0 Å². The second kappa shape index (κ2) is 6.00. The van der Waals surface area contributed by atoms with Gasteiger partial charge in [-0.1, -0.05) is 0 Å². The number of rotatable bonds is 3. The Hall–Kier alpha value is -0.353. The van der Waals surface area contributed by atoms with Crippen molar-refractivity contribution in [2.75, 3.05) is 0 Å². The van der Waals surface area contributed by atoms with Gasteiger partial charge in [-0.3, -0.25) is 9.59 Å². The van der Waals surface area contributed by atoms with Crippen molar-refractivity contribution >= 4 is 43.8 Å². The van der Waals surface area contributed by atoms with Crippen LogP contribution in [0.5, 0.6) is 0 Å². The molecule has 0 aromatic heterocycles. The van der Waals surface area contributed by atoms with Crippen LogP contribution in [0.2, 0.25) is 0 Å². The molecule has 0 spiro atoms. The molecular formula is C8H3Cl2LiO5S. The minimum absolute atomic E-state index is 0. The Balaban J connectivity index is 0.00000256. The van der Waals surface area contributed by atoms with E-state index in [0.29, 0.717) is 0 Å². The first-order chi connectivity index (χ1) is 7.21. The maximum absolute atomic E-state index is 10.8. The summed E-state index contributed by atoms with van der Waals surface area (Å²) in [5.41, 5.74) is -0.579. The summed E-state index contributed by atoms with van der Waals surface area (Å²) in [4.78, 5) is 20.9. The van der Waals surface area contributed by atoms with Gasteiger partial charge in [0.2, 0.25) is 0 Å². The van der Waals surface area contributed by atoms with E-state index in [2.05, 4.69) is 0 Å². The van der Waals surface area contributed by atoms with Crippen molar-refractivity contribution < 1.29 is 41.4 Å². The number of benzene rings is 1. The van der Waals surface area contributed by atoms with Crippen molar-refractivity contribution in [1.82, 2.24) is 0 Å². The van der Waals surface area contributed by atoms with Gasteiger partial charge in [-0.15, -0.1) is 0 Å². The van der Waals surface area contributed by atoms with Crippen LogP contribution >= 0.6 is 23.2 Å². The van der Waals surface area contributed by atoms with E-state index in [4.69, 9.17) is 23.2 Å². The van der Waals surface area contributed by atoms with Gasteiger partial charge in [0.1, 0.15) is 10.1 Å². The molecular weight excluding hydrogens is 286 g/mol. The van der Waals surface area contributed by atoms with Gasteiger partial charge < -0.3 is 4.55 Å². The monoisotopic (exact) mass is 288 g/mol. The van der Waals surface area contributed by atoms with Crippen molar-refractivity contribution in [3.8, 4) is 0 Å². The molecule has 0 amide bonds. The number of halogens is 2. The first kappa shape index (κ1) is 16.6. The zero-order valence-electron chi connectivity index (χ0n) is 8.44. The molecule has 0 saturated heterocycles. The molecule has 17 heavy (non-hydrogen) atoms. The molecule has 0 aliphatic carbocycles. The predicted octanol–water partition coefficient (Wildman–Crippen LogP) is -1.65. The molecule has 1 rings (SSSR count). The Labute approximate surface area is 119 Å². The smallest absolute Gasteiger partial charge is 0.744 e. The van der Waals surface area contributed by atoms with Crippen molar-refractivity contribution in [3.63, 3.8) is 0 Å². The molecule has 0 aliphatic heterocycles. The summed E-state index contributed by atoms with van der Waals surface area (Å²) in [6, 6.07) is 2.56. The fourth-order valence-corrected chi connectivity index (χ4v) is 1.73. The van der Waals surface area contributed by atoms with Crippen LogP contribution < -0.4 is 18.9 Å². The van der Waals surface area contributed by atoms with E-state index in [-0.39, 0.29) is 30.0 Å². The molecule has 0 fully saturated rings. The Morgan fingerprint density at radius 1 is 1.00 bits per heavy atom. The zero-order valence-corrected chi connectivity index (χ0v) is 10.8. The SMILES string of the molecule is O=C(Cl)c1cc(C(=O)Cl)cc(S(=O)(=O)[O-])c1.[Li+]. The van der Waals surface area contributed by atoms with E-state index in [9.17, 15) is 22.6 Å². The molecule has 5 nitrogen and oxygen atoms in total. The van der Waals surface area contributed by atoms with Crippen molar-refractivity contribution in [2.45, 2.75) is 4.90 Å². The minimum atomic E-state index is -4.79. The van der Waals surface area contributed by atoms with Gasteiger partial charge in [-0.2, -0.15) is 0 Å². The maximum Gasteiger partial charge on any atom is 1.00 e. The zero-order chi connectivity index (χ0) is 12.5. The summed E-state index contributed by atoms with van der Waals surface area (Å²) in [7, 11) is -4.79. The van der Waals surface area contributed by atoms with Crippen LogP contribution in [0.1, 0.15) is 20.7 Å². The predicted molar refractivity (Wildman–Crippen MR) is 54.8 cm³/mol. The van der Waals surface area contributed by atoms with Gasteiger partial charge in [0.25, 0.3) is 10.5 Å². The molecule has 0 atom stereocenters. The van der Waals surface area contributed by atoms with E-state index < -0.39 is 25.5 Å². The quantitative estimate of drug-likeness (QED) is 0.378. The summed E-state index contributed by atoms with van der Waals surface area (Å²) in [6.07, 6.45) is 0. The van der Waals surface area contributed by atoms with E-state index in [1.165, 1.54) is 0 Å². The molecule has 9 heteroatoms. The van der Waals surface area contributed by atoms with Gasteiger partial charge in [0.15, 0.2) is 0 Å². The first-order valence-corrected chi connectivity index (χ1v) is 5.89. The molecule has 1 aromatic carbocycles. The van der Waals surface area contributed by atoms with Crippen molar-refractivity contribution in [3.05, 3.63) is 29.3 Å². The number of hydrogen-bond donors (Lipinski definition) is 0. The summed E-state index contributed by atoms with van der Waals surface area (Å²) in [6.45, 7) is 0. The maximum atomic E-state index is 10.8. The minimum Gasteiger partial charge on any atom is -0.744 e. The van der Waals surface area contributed by atoms with Crippen LogP contribution in [0.4, 0.5) is 0 Å². The van der Waals surface area contributed by atoms with E-state index in [1.807, 2.05) is 0 Å². The van der Waals surface area contributed by atoms with E-state index >= 15 is 0 Å². The molecule has 0 radical (unpaired) electrons. The third-order valence-electron chi connectivity index (χ3n) is 1.65. The molecule has 0 saturated carbocycles. The standard InChI is InChI=1S/C8H4Cl2O5S.Li/c9-7(11)4-1-5(8(10)12)3-6(2-4)16(13,14)15;/h1-3H,(H,13,14,15);/q;+1/p-1. The Kier molecular flexibility index (Phi) is 5.88. The molecule has 0 N–H and O–H groups in total. The van der Waals surface area contributed by atoms with Crippen LogP contribution in [-0.4, -0.2) is 23.5 Å². The second-order valence-corrected chi connectivity index (χ2v) is 4.81.